The van der Waals surface area contributed by atoms with E-state index in [-0.39, 0.29) is 11.4 Å². The monoisotopic (exact) mass is 294 g/mol. The van der Waals surface area contributed by atoms with Crippen LogP contribution in [0.2, 0.25) is 0 Å². The zero-order valence-electron chi connectivity index (χ0n) is 11.7. The zero-order chi connectivity index (χ0) is 14.9. The minimum atomic E-state index is -3.59. The summed E-state index contributed by atoms with van der Waals surface area (Å²) in [6.07, 6.45) is 3.39. The Morgan fingerprint density at radius 2 is 2.05 bits per heavy atom. The molecule has 1 aromatic heterocycles. The molecule has 0 fully saturated rings. The maximum atomic E-state index is 12.3. The fraction of sp³-hybridized carbons (Fsp3) is 0.308. The number of anilines is 1. The lowest BCUT2D eigenvalue weighted by molar-refractivity contribution is 0.580. The smallest absolute Gasteiger partial charge is 0.241 e. The first-order valence-electron chi connectivity index (χ1n) is 6.13. The highest BCUT2D eigenvalue weighted by atomic mass is 32.2. The summed E-state index contributed by atoms with van der Waals surface area (Å²) in [5, 5.41) is 4.00. The fourth-order valence-corrected chi connectivity index (χ4v) is 3.32. The molecule has 7 heteroatoms. The second kappa shape index (κ2) is 5.26. The van der Waals surface area contributed by atoms with Crippen LogP contribution in [0.3, 0.4) is 0 Å². The molecule has 0 aliphatic rings. The van der Waals surface area contributed by atoms with E-state index in [1.54, 1.807) is 37.1 Å². The Balaban J connectivity index is 2.27. The fourth-order valence-electron chi connectivity index (χ4n) is 1.95. The van der Waals surface area contributed by atoms with Crippen molar-refractivity contribution in [1.82, 2.24) is 14.5 Å². The number of hydrogen-bond donors (Lipinski definition) is 2. The predicted octanol–water partition coefficient (Wildman–Crippen LogP) is 1.10. The number of hydrogen-bond acceptors (Lipinski definition) is 4. The SMILES string of the molecule is Cc1cc(N)cc(S(=O)(=O)NCc2cnn(C)c2)c1C. The third-order valence-corrected chi connectivity index (χ3v) is 4.68. The van der Waals surface area contributed by atoms with E-state index in [1.165, 1.54) is 6.07 Å². The molecule has 0 saturated heterocycles. The average Bonchev–Trinajstić information content (AvgIpc) is 2.77. The van der Waals surface area contributed by atoms with E-state index >= 15 is 0 Å². The van der Waals surface area contributed by atoms with Crippen LogP contribution in [0.5, 0.6) is 0 Å². The number of nitrogens with one attached hydrogen (secondary N) is 1. The number of aromatic nitrogens is 2. The third kappa shape index (κ3) is 3.00. The Labute approximate surface area is 118 Å². The first-order chi connectivity index (χ1) is 9.29. The van der Waals surface area contributed by atoms with Crippen LogP contribution in [-0.2, 0) is 23.6 Å². The lowest BCUT2D eigenvalue weighted by atomic mass is 10.1. The first kappa shape index (κ1) is 14.5. The molecular weight excluding hydrogens is 276 g/mol. The second-order valence-electron chi connectivity index (χ2n) is 4.81. The van der Waals surface area contributed by atoms with E-state index in [1.807, 2.05) is 6.92 Å². The molecule has 3 N–H and O–H groups in total. The standard InChI is InChI=1S/C13H18N4O2S/c1-9-4-12(14)5-13(10(9)2)20(18,19)16-7-11-6-15-17(3)8-11/h4-6,8,16H,7,14H2,1-3H3. The van der Waals surface area contributed by atoms with Crippen molar-refractivity contribution in [3.05, 3.63) is 41.2 Å². The Bertz CT molecular complexity index is 735. The number of aryl methyl sites for hydroxylation is 2. The Kier molecular flexibility index (Phi) is 3.82. The summed E-state index contributed by atoms with van der Waals surface area (Å²) in [5.41, 5.74) is 8.53. The molecule has 0 bridgehead atoms. The molecule has 2 aromatic rings. The summed E-state index contributed by atoms with van der Waals surface area (Å²) < 4.78 is 28.9. The Morgan fingerprint density at radius 1 is 1.35 bits per heavy atom. The van der Waals surface area contributed by atoms with Crippen LogP contribution in [0, 0.1) is 13.8 Å². The molecule has 0 unspecified atom stereocenters. The van der Waals surface area contributed by atoms with Crippen molar-refractivity contribution < 1.29 is 8.42 Å². The van der Waals surface area contributed by atoms with Crippen LogP contribution in [0.15, 0.2) is 29.4 Å². The van der Waals surface area contributed by atoms with Crippen molar-refractivity contribution in [2.45, 2.75) is 25.3 Å². The predicted molar refractivity (Wildman–Crippen MR) is 77.6 cm³/mol. The number of benzene rings is 1. The molecule has 0 atom stereocenters. The highest BCUT2D eigenvalue weighted by Crippen LogP contribution is 2.22. The summed E-state index contributed by atoms with van der Waals surface area (Å²) >= 11 is 0. The Hall–Kier alpha value is -1.86. The van der Waals surface area contributed by atoms with Crippen molar-refractivity contribution >= 4 is 15.7 Å². The van der Waals surface area contributed by atoms with Gasteiger partial charge in [-0.15, -0.1) is 0 Å². The maximum Gasteiger partial charge on any atom is 0.241 e. The van der Waals surface area contributed by atoms with Gasteiger partial charge >= 0.3 is 0 Å². The van der Waals surface area contributed by atoms with Gasteiger partial charge in [-0.2, -0.15) is 5.10 Å². The first-order valence-corrected chi connectivity index (χ1v) is 7.62. The van der Waals surface area contributed by atoms with E-state index in [4.69, 9.17) is 5.73 Å². The third-order valence-electron chi connectivity index (χ3n) is 3.16. The quantitative estimate of drug-likeness (QED) is 0.826. The minimum absolute atomic E-state index is 0.198. The summed E-state index contributed by atoms with van der Waals surface area (Å²) in [6.45, 7) is 3.81. The van der Waals surface area contributed by atoms with Gasteiger partial charge in [0.1, 0.15) is 0 Å². The van der Waals surface area contributed by atoms with Crippen molar-refractivity contribution in [3.8, 4) is 0 Å². The number of nitrogens with two attached hydrogens (primary N) is 1. The molecule has 0 aliphatic heterocycles. The minimum Gasteiger partial charge on any atom is -0.399 e. The summed E-state index contributed by atoms with van der Waals surface area (Å²) in [7, 11) is -1.81. The second-order valence-corrected chi connectivity index (χ2v) is 6.54. The van der Waals surface area contributed by atoms with Crippen LogP contribution < -0.4 is 10.5 Å². The molecular formula is C13H18N4O2S. The molecule has 1 aromatic carbocycles. The Morgan fingerprint density at radius 3 is 2.65 bits per heavy atom. The average molecular weight is 294 g/mol. The summed E-state index contributed by atoms with van der Waals surface area (Å²) in [6, 6.07) is 3.24. The lowest BCUT2D eigenvalue weighted by Gasteiger charge is -2.11. The largest absolute Gasteiger partial charge is 0.399 e. The maximum absolute atomic E-state index is 12.3. The molecule has 0 saturated carbocycles. The molecule has 0 aliphatic carbocycles. The van der Waals surface area contributed by atoms with E-state index in [0.717, 1.165) is 11.1 Å². The molecule has 0 amide bonds. The summed E-state index contributed by atoms with van der Waals surface area (Å²) in [5.74, 6) is 0. The highest BCUT2D eigenvalue weighted by Gasteiger charge is 2.18. The number of rotatable bonds is 4. The lowest BCUT2D eigenvalue weighted by Crippen LogP contribution is -2.24. The highest BCUT2D eigenvalue weighted by molar-refractivity contribution is 7.89. The van der Waals surface area contributed by atoms with E-state index in [9.17, 15) is 8.42 Å². The van der Waals surface area contributed by atoms with Crippen LogP contribution in [0.25, 0.3) is 0 Å². The van der Waals surface area contributed by atoms with Crippen molar-refractivity contribution in [2.24, 2.45) is 7.05 Å². The van der Waals surface area contributed by atoms with Crippen LogP contribution in [-0.4, -0.2) is 18.2 Å². The number of nitrogen functional groups attached to an aromatic ring is 1. The molecule has 1 heterocycles. The van der Waals surface area contributed by atoms with Gasteiger partial charge in [0.2, 0.25) is 10.0 Å². The zero-order valence-corrected chi connectivity index (χ0v) is 12.5. The van der Waals surface area contributed by atoms with Gasteiger partial charge in [0.05, 0.1) is 11.1 Å². The number of nitrogens with zero attached hydrogens (tertiary/aromatic N) is 2. The van der Waals surface area contributed by atoms with E-state index < -0.39 is 10.0 Å². The van der Waals surface area contributed by atoms with Crippen molar-refractivity contribution in [2.75, 3.05) is 5.73 Å². The summed E-state index contributed by atoms with van der Waals surface area (Å²) in [4.78, 5) is 0.221. The molecule has 2 rings (SSSR count). The van der Waals surface area contributed by atoms with Gasteiger partial charge in [-0.3, -0.25) is 4.68 Å². The van der Waals surface area contributed by atoms with Crippen LogP contribution >= 0.6 is 0 Å². The van der Waals surface area contributed by atoms with Gasteiger partial charge in [-0.25, -0.2) is 13.1 Å². The van der Waals surface area contributed by atoms with E-state index in [0.29, 0.717) is 11.3 Å². The van der Waals surface area contributed by atoms with Gasteiger partial charge in [-0.05, 0) is 37.1 Å². The van der Waals surface area contributed by atoms with Gasteiger partial charge in [0, 0.05) is 31.0 Å². The topological polar surface area (TPSA) is 90.0 Å². The van der Waals surface area contributed by atoms with Gasteiger partial charge in [0.15, 0.2) is 0 Å². The molecule has 0 spiro atoms. The molecule has 20 heavy (non-hydrogen) atoms. The van der Waals surface area contributed by atoms with Crippen LogP contribution in [0.4, 0.5) is 5.69 Å². The number of sulfonamides is 1. The molecule has 6 nitrogen and oxygen atoms in total. The van der Waals surface area contributed by atoms with Crippen molar-refractivity contribution in [3.63, 3.8) is 0 Å². The van der Waals surface area contributed by atoms with Gasteiger partial charge in [0.25, 0.3) is 0 Å². The van der Waals surface area contributed by atoms with E-state index in [2.05, 4.69) is 9.82 Å². The van der Waals surface area contributed by atoms with Crippen molar-refractivity contribution in [1.29, 1.82) is 0 Å². The van der Waals surface area contributed by atoms with Crippen LogP contribution in [0.1, 0.15) is 16.7 Å². The normalized spacial score (nSPS) is 11.8. The van der Waals surface area contributed by atoms with Gasteiger partial charge in [-0.1, -0.05) is 0 Å². The van der Waals surface area contributed by atoms with Gasteiger partial charge < -0.3 is 5.73 Å². The molecule has 108 valence electrons. The molecule has 0 radical (unpaired) electrons.